The Balaban J connectivity index is 3.24. The Morgan fingerprint density at radius 2 is 2.27 bits per heavy atom. The first kappa shape index (κ1) is 11.4. The summed E-state index contributed by atoms with van der Waals surface area (Å²) in [5.74, 6) is 0.0949. The molecule has 0 N–H and O–H groups in total. The van der Waals surface area contributed by atoms with Crippen molar-refractivity contribution in [3.63, 3.8) is 0 Å². The van der Waals surface area contributed by atoms with Crippen molar-refractivity contribution in [3.05, 3.63) is 22.9 Å². The molecule has 0 unspecified atom stereocenters. The lowest BCUT2D eigenvalue weighted by Crippen LogP contribution is -2.02. The molecule has 0 bridgehead atoms. The highest BCUT2D eigenvalue weighted by atomic mass is 19.3. The fraction of sp³-hybridized carbons (Fsp3) is 0.400. The minimum Gasteiger partial charge on any atom is -0.481 e. The second-order valence-electron chi connectivity index (χ2n) is 2.99. The third-order valence-electron chi connectivity index (χ3n) is 1.96. The van der Waals surface area contributed by atoms with Gasteiger partial charge in [-0.3, -0.25) is 0 Å². The molecule has 1 heterocycles. The number of halogens is 2. The van der Waals surface area contributed by atoms with Crippen molar-refractivity contribution in [3.8, 4) is 11.9 Å². The molecule has 1 rings (SSSR count). The molecule has 0 spiro atoms. The Labute approximate surface area is 86.3 Å². The van der Waals surface area contributed by atoms with Gasteiger partial charge in [0.1, 0.15) is 5.69 Å². The van der Waals surface area contributed by atoms with Crippen LogP contribution in [0.5, 0.6) is 5.88 Å². The summed E-state index contributed by atoms with van der Waals surface area (Å²) in [5.41, 5.74) is 0.603. The van der Waals surface area contributed by atoms with E-state index in [9.17, 15) is 8.78 Å². The van der Waals surface area contributed by atoms with Gasteiger partial charge in [0.05, 0.1) is 19.6 Å². The summed E-state index contributed by atoms with van der Waals surface area (Å²) in [7, 11) is 1.34. The summed E-state index contributed by atoms with van der Waals surface area (Å²) in [6, 6.07) is 3.44. The summed E-state index contributed by atoms with van der Waals surface area (Å²) >= 11 is 0. The quantitative estimate of drug-likeness (QED) is 0.772. The number of hydrogen-bond donors (Lipinski definition) is 0. The molecule has 80 valence electrons. The van der Waals surface area contributed by atoms with E-state index in [0.717, 1.165) is 0 Å². The van der Waals surface area contributed by atoms with E-state index >= 15 is 0 Å². The van der Waals surface area contributed by atoms with Gasteiger partial charge in [0, 0.05) is 5.56 Å². The first-order valence-corrected chi connectivity index (χ1v) is 4.29. The monoisotopic (exact) mass is 212 g/mol. The Bertz CT molecular complexity index is 399. The third kappa shape index (κ3) is 2.40. The van der Waals surface area contributed by atoms with Crippen molar-refractivity contribution in [1.29, 1.82) is 5.26 Å². The molecule has 5 heteroatoms. The first-order valence-electron chi connectivity index (χ1n) is 4.29. The first-order chi connectivity index (χ1) is 7.10. The lowest BCUT2D eigenvalue weighted by Gasteiger charge is -2.09. The average Bonchev–Trinajstić information content (AvgIpc) is 2.18. The van der Waals surface area contributed by atoms with Gasteiger partial charge in [0.15, 0.2) is 0 Å². The molecule has 1 aromatic rings. The molecule has 3 nitrogen and oxygen atoms in total. The maximum Gasteiger partial charge on any atom is 0.280 e. The maximum atomic E-state index is 12.5. The summed E-state index contributed by atoms with van der Waals surface area (Å²) < 4.78 is 29.8. The Morgan fingerprint density at radius 3 is 2.73 bits per heavy atom. The SMILES string of the molecule is COc1nc(C(F)F)c(C)cc1CC#N. The molecule has 0 fully saturated rings. The molecular weight excluding hydrogens is 202 g/mol. The van der Waals surface area contributed by atoms with Gasteiger partial charge in [0.25, 0.3) is 6.43 Å². The number of pyridine rings is 1. The predicted octanol–water partition coefficient (Wildman–Crippen LogP) is 2.40. The van der Waals surface area contributed by atoms with E-state index in [-0.39, 0.29) is 18.0 Å². The molecule has 1 aromatic heterocycles. The van der Waals surface area contributed by atoms with Crippen LogP contribution < -0.4 is 4.74 Å². The topological polar surface area (TPSA) is 45.9 Å². The van der Waals surface area contributed by atoms with Crippen LogP contribution in [0.2, 0.25) is 0 Å². The van der Waals surface area contributed by atoms with E-state index in [1.165, 1.54) is 20.1 Å². The highest BCUT2D eigenvalue weighted by molar-refractivity contribution is 5.36. The van der Waals surface area contributed by atoms with Crippen molar-refractivity contribution < 1.29 is 13.5 Å². The third-order valence-corrected chi connectivity index (χ3v) is 1.96. The number of methoxy groups -OCH3 is 1. The van der Waals surface area contributed by atoms with Gasteiger partial charge in [-0.05, 0) is 18.6 Å². The van der Waals surface area contributed by atoms with Crippen LogP contribution in [-0.4, -0.2) is 12.1 Å². The maximum absolute atomic E-state index is 12.5. The number of nitriles is 1. The highest BCUT2D eigenvalue weighted by Gasteiger charge is 2.16. The van der Waals surface area contributed by atoms with Crippen LogP contribution in [0.3, 0.4) is 0 Å². The summed E-state index contributed by atoms with van der Waals surface area (Å²) in [6.45, 7) is 1.54. The standard InChI is InChI=1S/C10H10F2N2O/c1-6-5-7(3-4-13)10(15-2)14-8(6)9(11)12/h5,9H,3H2,1-2H3. The Morgan fingerprint density at radius 1 is 1.60 bits per heavy atom. The van der Waals surface area contributed by atoms with Crippen LogP contribution in [0.4, 0.5) is 8.78 Å². The number of ether oxygens (including phenoxy) is 1. The van der Waals surface area contributed by atoms with E-state index < -0.39 is 6.43 Å². The molecule has 0 aliphatic rings. The Hall–Kier alpha value is -1.70. The van der Waals surface area contributed by atoms with Gasteiger partial charge >= 0.3 is 0 Å². The van der Waals surface area contributed by atoms with Gasteiger partial charge in [0.2, 0.25) is 5.88 Å². The molecule has 0 aromatic carbocycles. The fourth-order valence-electron chi connectivity index (χ4n) is 1.28. The molecular formula is C10H10F2N2O. The van der Waals surface area contributed by atoms with Crippen LogP contribution in [0.1, 0.15) is 23.2 Å². The molecule has 0 aliphatic carbocycles. The zero-order valence-corrected chi connectivity index (χ0v) is 8.42. The van der Waals surface area contributed by atoms with Crippen molar-refractivity contribution in [2.75, 3.05) is 7.11 Å². The van der Waals surface area contributed by atoms with Crippen LogP contribution >= 0.6 is 0 Å². The van der Waals surface area contributed by atoms with Crippen LogP contribution in [-0.2, 0) is 6.42 Å². The van der Waals surface area contributed by atoms with E-state index in [0.29, 0.717) is 11.1 Å². The number of hydrogen-bond acceptors (Lipinski definition) is 3. The molecule has 0 saturated carbocycles. The lowest BCUT2D eigenvalue weighted by atomic mass is 10.1. The smallest absolute Gasteiger partial charge is 0.280 e. The average molecular weight is 212 g/mol. The van der Waals surface area contributed by atoms with Crippen molar-refractivity contribution in [1.82, 2.24) is 4.98 Å². The molecule has 0 atom stereocenters. The van der Waals surface area contributed by atoms with E-state index in [2.05, 4.69) is 4.98 Å². The second-order valence-corrected chi connectivity index (χ2v) is 2.99. The van der Waals surface area contributed by atoms with Crippen molar-refractivity contribution in [2.45, 2.75) is 19.8 Å². The van der Waals surface area contributed by atoms with Crippen molar-refractivity contribution >= 4 is 0 Å². The number of alkyl halides is 2. The zero-order valence-electron chi connectivity index (χ0n) is 8.42. The number of aromatic nitrogens is 1. The largest absolute Gasteiger partial charge is 0.481 e. The summed E-state index contributed by atoms with van der Waals surface area (Å²) in [4.78, 5) is 3.69. The van der Waals surface area contributed by atoms with E-state index in [1.807, 2.05) is 6.07 Å². The fourth-order valence-corrected chi connectivity index (χ4v) is 1.28. The molecule has 0 amide bonds. The second kappa shape index (κ2) is 4.69. The summed E-state index contributed by atoms with van der Waals surface area (Å²) in [6.07, 6.45) is -2.53. The lowest BCUT2D eigenvalue weighted by molar-refractivity contribution is 0.144. The van der Waals surface area contributed by atoms with Gasteiger partial charge < -0.3 is 4.74 Å². The Kier molecular flexibility index (Phi) is 3.56. The zero-order chi connectivity index (χ0) is 11.4. The number of aryl methyl sites for hydroxylation is 1. The van der Waals surface area contributed by atoms with E-state index in [1.54, 1.807) is 0 Å². The minimum atomic E-state index is -2.63. The van der Waals surface area contributed by atoms with Crippen LogP contribution in [0, 0.1) is 18.3 Å². The normalized spacial score (nSPS) is 10.1. The number of nitrogens with zero attached hydrogens (tertiary/aromatic N) is 2. The molecule has 0 radical (unpaired) electrons. The van der Waals surface area contributed by atoms with Gasteiger partial charge in [-0.1, -0.05) is 0 Å². The number of rotatable bonds is 3. The molecule has 0 aliphatic heterocycles. The van der Waals surface area contributed by atoms with Gasteiger partial charge in [-0.2, -0.15) is 5.26 Å². The summed E-state index contributed by atoms with van der Waals surface area (Å²) in [5, 5.41) is 8.53. The predicted molar refractivity (Wildman–Crippen MR) is 49.8 cm³/mol. The van der Waals surface area contributed by atoms with Crippen LogP contribution in [0.25, 0.3) is 0 Å². The molecule has 0 saturated heterocycles. The highest BCUT2D eigenvalue weighted by Crippen LogP contribution is 2.26. The van der Waals surface area contributed by atoms with Crippen LogP contribution in [0.15, 0.2) is 6.07 Å². The molecule has 15 heavy (non-hydrogen) atoms. The van der Waals surface area contributed by atoms with Gasteiger partial charge in [-0.15, -0.1) is 0 Å². The van der Waals surface area contributed by atoms with Gasteiger partial charge in [-0.25, -0.2) is 13.8 Å². The minimum absolute atomic E-state index is 0.0949. The van der Waals surface area contributed by atoms with Crippen molar-refractivity contribution in [2.24, 2.45) is 0 Å². The van der Waals surface area contributed by atoms with E-state index in [4.69, 9.17) is 10.00 Å².